The molecule has 0 aromatic carbocycles. The Morgan fingerprint density at radius 1 is 1.29 bits per heavy atom. The summed E-state index contributed by atoms with van der Waals surface area (Å²) in [5.74, 6) is 0.891. The molecule has 1 aliphatic heterocycles. The van der Waals surface area contributed by atoms with Gasteiger partial charge in [-0.3, -0.25) is 4.90 Å². The number of rotatable bonds is 7. The van der Waals surface area contributed by atoms with Crippen LogP contribution in [0.4, 0.5) is 0 Å². The van der Waals surface area contributed by atoms with Crippen LogP contribution in [0.25, 0.3) is 0 Å². The molecule has 0 aromatic heterocycles. The van der Waals surface area contributed by atoms with E-state index in [1.807, 2.05) is 0 Å². The number of hydrogen-bond acceptors (Lipinski definition) is 2. The first-order chi connectivity index (χ1) is 6.77. The molecule has 84 valence electrons. The largest absolute Gasteiger partial charge is 0.314 e. The third kappa shape index (κ3) is 3.58. The summed E-state index contributed by atoms with van der Waals surface area (Å²) in [4.78, 5) is 2.67. The predicted molar refractivity (Wildman–Crippen MR) is 62.6 cm³/mol. The van der Waals surface area contributed by atoms with Gasteiger partial charge in [0.05, 0.1) is 0 Å². The summed E-state index contributed by atoms with van der Waals surface area (Å²) in [6, 6.07) is 0.832. The number of nitrogens with one attached hydrogen (secondary N) is 1. The molecule has 1 unspecified atom stereocenters. The summed E-state index contributed by atoms with van der Waals surface area (Å²) in [5, 5.41) is 3.36. The highest BCUT2D eigenvalue weighted by Crippen LogP contribution is 2.12. The zero-order valence-electron chi connectivity index (χ0n) is 10.1. The minimum Gasteiger partial charge on any atom is -0.314 e. The van der Waals surface area contributed by atoms with Crippen LogP contribution >= 0.6 is 0 Å². The monoisotopic (exact) mass is 198 g/mol. The molecule has 0 spiro atoms. The Morgan fingerprint density at radius 3 is 2.43 bits per heavy atom. The Bertz CT molecular complexity index is 143. The summed E-state index contributed by atoms with van der Waals surface area (Å²) in [5.41, 5.74) is 0. The van der Waals surface area contributed by atoms with Crippen LogP contribution in [0.2, 0.25) is 0 Å². The molecule has 1 N–H and O–H groups in total. The van der Waals surface area contributed by atoms with Crippen molar-refractivity contribution in [1.82, 2.24) is 10.2 Å². The van der Waals surface area contributed by atoms with Crippen LogP contribution < -0.4 is 5.32 Å². The number of hydrogen-bond donors (Lipinski definition) is 1. The first-order valence-electron chi connectivity index (χ1n) is 6.22. The molecule has 0 radical (unpaired) electrons. The van der Waals surface area contributed by atoms with Crippen molar-refractivity contribution in [3.8, 4) is 0 Å². The van der Waals surface area contributed by atoms with Crippen molar-refractivity contribution in [2.75, 3.05) is 26.2 Å². The Labute approximate surface area is 89.1 Å². The molecule has 1 aliphatic rings. The molecule has 0 bridgehead atoms. The van der Waals surface area contributed by atoms with Crippen molar-refractivity contribution in [3.05, 3.63) is 0 Å². The lowest BCUT2D eigenvalue weighted by Gasteiger charge is -2.38. The van der Waals surface area contributed by atoms with Gasteiger partial charge >= 0.3 is 0 Å². The summed E-state index contributed by atoms with van der Waals surface area (Å²) < 4.78 is 0. The summed E-state index contributed by atoms with van der Waals surface area (Å²) >= 11 is 0. The normalized spacial score (nSPS) is 19.7. The van der Waals surface area contributed by atoms with Gasteiger partial charge in [-0.1, -0.05) is 27.2 Å². The second-order valence-corrected chi connectivity index (χ2v) is 4.65. The third-order valence-corrected chi connectivity index (χ3v) is 3.39. The van der Waals surface area contributed by atoms with Gasteiger partial charge in [0.15, 0.2) is 0 Å². The van der Waals surface area contributed by atoms with Gasteiger partial charge in [-0.2, -0.15) is 0 Å². The van der Waals surface area contributed by atoms with Crippen molar-refractivity contribution < 1.29 is 0 Å². The van der Waals surface area contributed by atoms with Crippen molar-refractivity contribution in [2.24, 2.45) is 5.92 Å². The summed E-state index contributed by atoms with van der Waals surface area (Å²) in [6.45, 7) is 11.9. The average molecular weight is 198 g/mol. The molecule has 0 aliphatic carbocycles. The van der Waals surface area contributed by atoms with Crippen molar-refractivity contribution in [2.45, 2.75) is 46.1 Å². The lowest BCUT2D eigenvalue weighted by atomic mass is 10.0. The maximum absolute atomic E-state index is 3.36. The van der Waals surface area contributed by atoms with E-state index >= 15 is 0 Å². The van der Waals surface area contributed by atoms with Crippen LogP contribution in [0, 0.1) is 5.92 Å². The van der Waals surface area contributed by atoms with Gasteiger partial charge in [-0.25, -0.2) is 0 Å². The van der Waals surface area contributed by atoms with E-state index in [2.05, 4.69) is 31.0 Å². The summed E-state index contributed by atoms with van der Waals surface area (Å²) in [7, 11) is 0. The molecule has 0 aromatic rings. The zero-order chi connectivity index (χ0) is 10.4. The highest BCUT2D eigenvalue weighted by molar-refractivity contribution is 4.84. The van der Waals surface area contributed by atoms with E-state index in [1.54, 1.807) is 0 Å². The molecule has 2 nitrogen and oxygen atoms in total. The Morgan fingerprint density at radius 2 is 2.00 bits per heavy atom. The predicted octanol–water partition coefficient (Wildman–Crippen LogP) is 2.11. The van der Waals surface area contributed by atoms with E-state index in [0.29, 0.717) is 0 Å². The van der Waals surface area contributed by atoms with E-state index in [0.717, 1.165) is 12.0 Å². The molecule has 2 heteroatoms. The Balaban J connectivity index is 2.20. The fourth-order valence-corrected chi connectivity index (χ4v) is 1.89. The molecule has 1 fully saturated rings. The van der Waals surface area contributed by atoms with Gasteiger partial charge in [-0.05, 0) is 31.8 Å². The van der Waals surface area contributed by atoms with Gasteiger partial charge in [0.1, 0.15) is 0 Å². The van der Waals surface area contributed by atoms with E-state index in [4.69, 9.17) is 0 Å². The van der Waals surface area contributed by atoms with Crippen molar-refractivity contribution in [1.29, 1.82) is 0 Å². The van der Waals surface area contributed by atoms with E-state index in [-0.39, 0.29) is 0 Å². The second-order valence-electron chi connectivity index (χ2n) is 4.65. The lowest BCUT2D eigenvalue weighted by molar-refractivity contribution is 0.137. The van der Waals surface area contributed by atoms with Gasteiger partial charge in [-0.15, -0.1) is 0 Å². The minimum absolute atomic E-state index is 0.832. The van der Waals surface area contributed by atoms with Crippen molar-refractivity contribution in [3.63, 3.8) is 0 Å². The smallest absolute Gasteiger partial charge is 0.0345 e. The molecule has 0 amide bonds. The Kier molecular flexibility index (Phi) is 5.49. The average Bonchev–Trinajstić information content (AvgIpc) is 2.11. The van der Waals surface area contributed by atoms with Crippen LogP contribution in [0.1, 0.15) is 40.0 Å². The fourth-order valence-electron chi connectivity index (χ4n) is 1.89. The van der Waals surface area contributed by atoms with Gasteiger partial charge < -0.3 is 5.32 Å². The topological polar surface area (TPSA) is 15.3 Å². The first kappa shape index (κ1) is 12.0. The second kappa shape index (κ2) is 6.41. The molecule has 14 heavy (non-hydrogen) atoms. The Hall–Kier alpha value is -0.0800. The molecule has 0 saturated carbocycles. The lowest BCUT2D eigenvalue weighted by Crippen LogP contribution is -2.57. The molecule has 1 rings (SSSR count). The van der Waals surface area contributed by atoms with Crippen molar-refractivity contribution >= 4 is 0 Å². The van der Waals surface area contributed by atoms with E-state index in [1.165, 1.54) is 45.4 Å². The quantitative estimate of drug-likeness (QED) is 0.674. The van der Waals surface area contributed by atoms with E-state index < -0.39 is 0 Å². The maximum atomic E-state index is 3.36. The van der Waals surface area contributed by atoms with Gasteiger partial charge in [0, 0.05) is 19.1 Å². The van der Waals surface area contributed by atoms with E-state index in [9.17, 15) is 0 Å². The van der Waals surface area contributed by atoms with Crippen LogP contribution in [0.3, 0.4) is 0 Å². The van der Waals surface area contributed by atoms with Crippen LogP contribution in [0.15, 0.2) is 0 Å². The molecule has 1 atom stereocenters. The van der Waals surface area contributed by atoms with Crippen LogP contribution in [0.5, 0.6) is 0 Å². The SMILES string of the molecule is CCCN(CCC(C)CC)C1CNC1. The minimum atomic E-state index is 0.832. The summed E-state index contributed by atoms with van der Waals surface area (Å²) in [6.07, 6.45) is 3.98. The van der Waals surface area contributed by atoms with Crippen LogP contribution in [-0.2, 0) is 0 Å². The standard InChI is InChI=1S/C12H26N2/c1-4-7-14(12-9-13-10-12)8-6-11(3)5-2/h11-13H,4-10H2,1-3H3. The number of nitrogens with zero attached hydrogens (tertiary/aromatic N) is 1. The van der Waals surface area contributed by atoms with Gasteiger partial charge in [0.25, 0.3) is 0 Å². The zero-order valence-corrected chi connectivity index (χ0v) is 10.1. The third-order valence-electron chi connectivity index (χ3n) is 3.39. The van der Waals surface area contributed by atoms with Crippen LogP contribution in [-0.4, -0.2) is 37.1 Å². The first-order valence-corrected chi connectivity index (χ1v) is 6.22. The molecular formula is C12H26N2. The fraction of sp³-hybridized carbons (Fsp3) is 1.00. The van der Waals surface area contributed by atoms with Gasteiger partial charge in [0.2, 0.25) is 0 Å². The molecule has 1 saturated heterocycles. The maximum Gasteiger partial charge on any atom is 0.0345 e. The molecular weight excluding hydrogens is 172 g/mol. The molecule has 1 heterocycles. The highest BCUT2D eigenvalue weighted by Gasteiger charge is 2.23. The highest BCUT2D eigenvalue weighted by atomic mass is 15.2.